The molecule has 3 rings (SSSR count). The first-order valence-corrected chi connectivity index (χ1v) is 8.16. The summed E-state index contributed by atoms with van der Waals surface area (Å²) < 4.78 is 0. The summed E-state index contributed by atoms with van der Waals surface area (Å²) in [7, 11) is 0. The number of hydrogen-bond acceptors (Lipinski definition) is 6. The predicted octanol–water partition coefficient (Wildman–Crippen LogP) is 2.22. The van der Waals surface area contributed by atoms with Crippen molar-refractivity contribution in [1.82, 2.24) is 15.3 Å². The first kappa shape index (κ1) is 16.8. The van der Waals surface area contributed by atoms with Gasteiger partial charge in [0.15, 0.2) is 0 Å². The molecule has 1 fully saturated rings. The molecule has 2 heterocycles. The average Bonchev–Trinajstić information content (AvgIpc) is 3.14. The van der Waals surface area contributed by atoms with E-state index >= 15 is 0 Å². The maximum Gasteiger partial charge on any atom is 0.282 e. The molecular formula is C17H19N5O3. The predicted molar refractivity (Wildman–Crippen MR) is 92.5 cm³/mol. The fraction of sp³-hybridized carbons (Fsp3) is 0.353. The van der Waals surface area contributed by atoms with Crippen LogP contribution in [-0.2, 0) is 6.54 Å². The highest BCUT2D eigenvalue weighted by Crippen LogP contribution is 2.19. The summed E-state index contributed by atoms with van der Waals surface area (Å²) in [5.41, 5.74) is 0.634. The van der Waals surface area contributed by atoms with Crippen LogP contribution in [0.5, 0.6) is 0 Å². The fourth-order valence-corrected chi connectivity index (χ4v) is 2.88. The Hall–Kier alpha value is -3.03. The minimum Gasteiger partial charge on any atom is -0.357 e. The Morgan fingerprint density at radius 3 is 2.72 bits per heavy atom. The molecule has 1 aromatic heterocycles. The number of amides is 1. The number of hydrogen-bond donors (Lipinski definition) is 1. The lowest BCUT2D eigenvalue weighted by Gasteiger charge is -2.17. The van der Waals surface area contributed by atoms with Crippen molar-refractivity contribution in [3.05, 3.63) is 57.5 Å². The molecule has 0 bridgehead atoms. The summed E-state index contributed by atoms with van der Waals surface area (Å²) in [5.74, 6) is 0.842. The molecule has 1 aliphatic heterocycles. The first-order valence-electron chi connectivity index (χ1n) is 8.16. The number of nitrogens with one attached hydrogen (secondary N) is 1. The van der Waals surface area contributed by atoms with Crippen LogP contribution in [0.25, 0.3) is 0 Å². The van der Waals surface area contributed by atoms with E-state index in [2.05, 4.69) is 20.2 Å². The molecule has 8 heteroatoms. The summed E-state index contributed by atoms with van der Waals surface area (Å²) in [6.07, 6.45) is 2.29. The van der Waals surface area contributed by atoms with Crippen molar-refractivity contribution >= 4 is 17.4 Å². The SMILES string of the molecule is Cc1cc(N2CCCC2)nc(CNC(=O)c2ccccc2[N+](=O)[O-])n1. The van der Waals surface area contributed by atoms with Gasteiger partial charge in [0, 0.05) is 30.9 Å². The number of nitro groups is 1. The van der Waals surface area contributed by atoms with E-state index in [9.17, 15) is 14.9 Å². The van der Waals surface area contributed by atoms with E-state index < -0.39 is 10.8 Å². The van der Waals surface area contributed by atoms with Crippen LogP contribution >= 0.6 is 0 Å². The van der Waals surface area contributed by atoms with Gasteiger partial charge in [-0.25, -0.2) is 9.97 Å². The molecule has 1 N–H and O–H groups in total. The Bertz CT molecular complexity index is 803. The highest BCUT2D eigenvalue weighted by atomic mass is 16.6. The maximum absolute atomic E-state index is 12.3. The largest absolute Gasteiger partial charge is 0.357 e. The van der Waals surface area contributed by atoms with Crippen molar-refractivity contribution in [3.8, 4) is 0 Å². The summed E-state index contributed by atoms with van der Waals surface area (Å²) in [4.78, 5) is 33.8. The number of para-hydroxylation sites is 1. The minimum absolute atomic E-state index is 0.0277. The Balaban J connectivity index is 1.73. The van der Waals surface area contributed by atoms with E-state index in [1.165, 1.54) is 18.2 Å². The number of anilines is 1. The Morgan fingerprint density at radius 2 is 2.00 bits per heavy atom. The van der Waals surface area contributed by atoms with Crippen molar-refractivity contribution in [2.75, 3.05) is 18.0 Å². The molecule has 0 saturated carbocycles. The number of rotatable bonds is 5. The van der Waals surface area contributed by atoms with Crippen LogP contribution in [0.4, 0.5) is 11.5 Å². The van der Waals surface area contributed by atoms with Gasteiger partial charge in [0.25, 0.3) is 11.6 Å². The zero-order chi connectivity index (χ0) is 17.8. The monoisotopic (exact) mass is 341 g/mol. The second-order valence-electron chi connectivity index (χ2n) is 5.93. The lowest BCUT2D eigenvalue weighted by atomic mass is 10.1. The van der Waals surface area contributed by atoms with Gasteiger partial charge >= 0.3 is 0 Å². The molecular weight excluding hydrogens is 322 g/mol. The van der Waals surface area contributed by atoms with Crippen molar-refractivity contribution in [2.24, 2.45) is 0 Å². The van der Waals surface area contributed by atoms with Crippen molar-refractivity contribution in [2.45, 2.75) is 26.3 Å². The number of aromatic nitrogens is 2. The van der Waals surface area contributed by atoms with E-state index in [4.69, 9.17) is 0 Å². The van der Waals surface area contributed by atoms with Gasteiger partial charge in [0.2, 0.25) is 0 Å². The van der Waals surface area contributed by atoms with Crippen molar-refractivity contribution in [1.29, 1.82) is 0 Å². The maximum atomic E-state index is 12.3. The van der Waals surface area contributed by atoms with E-state index in [0.717, 1.165) is 37.4 Å². The number of carbonyl (C=O) groups excluding carboxylic acids is 1. The van der Waals surface area contributed by atoms with Crippen LogP contribution in [0.2, 0.25) is 0 Å². The summed E-state index contributed by atoms with van der Waals surface area (Å²) in [6, 6.07) is 7.79. The molecule has 25 heavy (non-hydrogen) atoms. The highest BCUT2D eigenvalue weighted by Gasteiger charge is 2.20. The van der Waals surface area contributed by atoms with Gasteiger partial charge in [0.05, 0.1) is 11.5 Å². The quantitative estimate of drug-likeness (QED) is 0.661. The first-order chi connectivity index (χ1) is 12.0. The lowest BCUT2D eigenvalue weighted by molar-refractivity contribution is -0.385. The van der Waals surface area contributed by atoms with Crippen LogP contribution < -0.4 is 10.2 Å². The van der Waals surface area contributed by atoms with Gasteiger partial charge in [-0.3, -0.25) is 14.9 Å². The number of benzene rings is 1. The van der Waals surface area contributed by atoms with Gasteiger partial charge in [-0.1, -0.05) is 12.1 Å². The molecule has 8 nitrogen and oxygen atoms in total. The average molecular weight is 341 g/mol. The number of nitrogens with zero attached hydrogens (tertiary/aromatic N) is 4. The minimum atomic E-state index is -0.566. The Morgan fingerprint density at radius 1 is 1.28 bits per heavy atom. The van der Waals surface area contributed by atoms with E-state index in [-0.39, 0.29) is 17.8 Å². The molecule has 0 radical (unpaired) electrons. The normalized spacial score (nSPS) is 13.7. The summed E-state index contributed by atoms with van der Waals surface area (Å²) in [6.45, 7) is 3.94. The van der Waals surface area contributed by atoms with Crippen LogP contribution in [0.1, 0.15) is 34.7 Å². The smallest absolute Gasteiger partial charge is 0.282 e. The van der Waals surface area contributed by atoms with Crippen LogP contribution in [0.3, 0.4) is 0 Å². The molecule has 1 amide bonds. The molecule has 0 atom stereocenters. The van der Waals surface area contributed by atoms with Gasteiger partial charge in [-0.2, -0.15) is 0 Å². The highest BCUT2D eigenvalue weighted by molar-refractivity contribution is 5.98. The van der Waals surface area contributed by atoms with Gasteiger partial charge < -0.3 is 10.2 Å². The van der Waals surface area contributed by atoms with Crippen molar-refractivity contribution in [3.63, 3.8) is 0 Å². The molecule has 130 valence electrons. The van der Waals surface area contributed by atoms with Crippen LogP contribution in [0.15, 0.2) is 30.3 Å². The molecule has 2 aromatic rings. The molecule has 1 aliphatic rings. The van der Waals surface area contributed by atoms with E-state index in [1.807, 2.05) is 13.0 Å². The number of aryl methyl sites for hydroxylation is 1. The molecule has 1 saturated heterocycles. The molecule has 0 spiro atoms. The standard InChI is InChI=1S/C17H19N5O3/c1-12-10-16(21-8-4-5-9-21)20-15(19-12)11-18-17(23)13-6-2-3-7-14(13)22(24)25/h2-3,6-7,10H,4-5,8-9,11H2,1H3,(H,18,23). The third-order valence-electron chi connectivity index (χ3n) is 4.07. The Labute approximate surface area is 145 Å². The molecule has 0 unspecified atom stereocenters. The Kier molecular flexibility index (Phi) is 4.87. The topological polar surface area (TPSA) is 101 Å². The van der Waals surface area contributed by atoms with E-state index in [1.54, 1.807) is 6.07 Å². The number of nitro benzene ring substituents is 1. The zero-order valence-corrected chi connectivity index (χ0v) is 13.9. The molecule has 1 aromatic carbocycles. The summed E-state index contributed by atoms with van der Waals surface area (Å²) in [5, 5.41) is 13.7. The fourth-order valence-electron chi connectivity index (χ4n) is 2.88. The summed E-state index contributed by atoms with van der Waals surface area (Å²) >= 11 is 0. The third kappa shape index (κ3) is 3.90. The number of carbonyl (C=O) groups is 1. The second kappa shape index (κ2) is 7.25. The third-order valence-corrected chi connectivity index (χ3v) is 4.07. The zero-order valence-electron chi connectivity index (χ0n) is 13.9. The van der Waals surface area contributed by atoms with Gasteiger partial charge in [-0.05, 0) is 25.8 Å². The lowest BCUT2D eigenvalue weighted by Crippen LogP contribution is -2.26. The van der Waals surface area contributed by atoms with E-state index in [0.29, 0.717) is 5.82 Å². The van der Waals surface area contributed by atoms with Crippen molar-refractivity contribution < 1.29 is 9.72 Å². The van der Waals surface area contributed by atoms with Crippen LogP contribution in [0, 0.1) is 17.0 Å². The van der Waals surface area contributed by atoms with Crippen LogP contribution in [-0.4, -0.2) is 33.9 Å². The molecule has 0 aliphatic carbocycles. The van der Waals surface area contributed by atoms with Gasteiger partial charge in [-0.15, -0.1) is 0 Å². The second-order valence-corrected chi connectivity index (χ2v) is 5.93. The van der Waals surface area contributed by atoms with Gasteiger partial charge in [0.1, 0.15) is 17.2 Å².